The average molecular weight is 322 g/mol. The lowest BCUT2D eigenvalue weighted by molar-refractivity contribution is -0.384. The molecule has 1 aliphatic rings. The molecule has 0 spiro atoms. The van der Waals surface area contributed by atoms with E-state index < -0.39 is 4.92 Å². The molecular formula is C14H18N4O3S. The summed E-state index contributed by atoms with van der Waals surface area (Å²) in [6, 6.07) is 6.20. The van der Waals surface area contributed by atoms with Crippen LogP contribution in [0.2, 0.25) is 0 Å². The Morgan fingerprint density at radius 2 is 2.23 bits per heavy atom. The maximum Gasteiger partial charge on any atom is 0.269 e. The SMILES string of the molecule is C/C(=N/NC(=S)NC[C@@H]1CCCO1)c1ccc([N+](=O)[O-])cc1. The largest absolute Gasteiger partial charge is 0.376 e. The maximum atomic E-state index is 10.6. The Labute approximate surface area is 133 Å². The van der Waals surface area contributed by atoms with Crippen LogP contribution in [0.3, 0.4) is 0 Å². The molecule has 1 heterocycles. The molecule has 1 saturated heterocycles. The van der Waals surface area contributed by atoms with Gasteiger partial charge in [0.2, 0.25) is 0 Å². The number of nitro groups is 1. The first-order chi connectivity index (χ1) is 10.6. The molecule has 22 heavy (non-hydrogen) atoms. The van der Waals surface area contributed by atoms with Gasteiger partial charge in [0.1, 0.15) is 0 Å². The summed E-state index contributed by atoms with van der Waals surface area (Å²) in [6.07, 6.45) is 2.34. The van der Waals surface area contributed by atoms with Crippen molar-refractivity contribution in [3.8, 4) is 0 Å². The van der Waals surface area contributed by atoms with Crippen molar-refractivity contribution in [1.29, 1.82) is 0 Å². The van der Waals surface area contributed by atoms with Gasteiger partial charge in [-0.1, -0.05) is 0 Å². The standard InChI is InChI=1S/C14H18N4O3S/c1-10(11-4-6-12(7-5-11)18(19)20)16-17-14(22)15-9-13-3-2-8-21-13/h4-7,13H,2-3,8-9H2,1H3,(H2,15,17,22)/b16-10-/t13-/m0/s1. The molecule has 0 aliphatic carbocycles. The summed E-state index contributed by atoms with van der Waals surface area (Å²) >= 11 is 5.14. The Kier molecular flexibility index (Phi) is 5.79. The van der Waals surface area contributed by atoms with Crippen molar-refractivity contribution in [2.45, 2.75) is 25.9 Å². The summed E-state index contributed by atoms with van der Waals surface area (Å²) < 4.78 is 5.49. The van der Waals surface area contributed by atoms with Gasteiger partial charge in [-0.3, -0.25) is 15.5 Å². The van der Waals surface area contributed by atoms with E-state index in [-0.39, 0.29) is 11.8 Å². The number of thiocarbonyl (C=S) groups is 1. The number of ether oxygens (including phenoxy) is 1. The number of benzene rings is 1. The molecule has 7 nitrogen and oxygen atoms in total. The minimum Gasteiger partial charge on any atom is -0.376 e. The molecule has 1 aromatic rings. The second-order valence-corrected chi connectivity index (χ2v) is 5.37. The van der Waals surface area contributed by atoms with E-state index in [4.69, 9.17) is 17.0 Å². The highest BCUT2D eigenvalue weighted by atomic mass is 32.1. The van der Waals surface area contributed by atoms with Crippen molar-refractivity contribution >= 4 is 28.7 Å². The third-order valence-electron chi connectivity index (χ3n) is 3.34. The highest BCUT2D eigenvalue weighted by molar-refractivity contribution is 7.80. The fourth-order valence-electron chi connectivity index (χ4n) is 2.07. The van der Waals surface area contributed by atoms with E-state index in [0.29, 0.717) is 17.4 Å². The molecule has 0 unspecified atom stereocenters. The first kappa shape index (κ1) is 16.3. The fourth-order valence-corrected chi connectivity index (χ4v) is 2.20. The predicted octanol–water partition coefficient (Wildman–Crippen LogP) is 1.96. The van der Waals surface area contributed by atoms with E-state index in [1.807, 2.05) is 0 Å². The monoisotopic (exact) mass is 322 g/mol. The van der Waals surface area contributed by atoms with Crippen LogP contribution in [0.25, 0.3) is 0 Å². The molecule has 1 fully saturated rings. The van der Waals surface area contributed by atoms with Gasteiger partial charge in [0, 0.05) is 25.3 Å². The van der Waals surface area contributed by atoms with Crippen LogP contribution in [0.4, 0.5) is 5.69 Å². The summed E-state index contributed by atoms with van der Waals surface area (Å²) in [4.78, 5) is 10.2. The van der Waals surface area contributed by atoms with E-state index in [1.54, 1.807) is 19.1 Å². The number of nitrogens with zero attached hydrogens (tertiary/aromatic N) is 2. The summed E-state index contributed by atoms with van der Waals surface area (Å²) in [6.45, 7) is 3.28. The lowest BCUT2D eigenvalue weighted by Crippen LogP contribution is -2.37. The van der Waals surface area contributed by atoms with E-state index >= 15 is 0 Å². The second-order valence-electron chi connectivity index (χ2n) is 4.96. The maximum absolute atomic E-state index is 10.6. The van der Waals surface area contributed by atoms with Gasteiger partial charge in [-0.15, -0.1) is 0 Å². The molecule has 0 amide bonds. The van der Waals surface area contributed by atoms with Gasteiger partial charge in [-0.05, 0) is 49.7 Å². The Morgan fingerprint density at radius 3 is 2.82 bits per heavy atom. The third kappa shape index (κ3) is 4.74. The van der Waals surface area contributed by atoms with Crippen LogP contribution < -0.4 is 10.7 Å². The number of hydrogen-bond donors (Lipinski definition) is 2. The Morgan fingerprint density at radius 1 is 1.50 bits per heavy atom. The van der Waals surface area contributed by atoms with Gasteiger partial charge in [-0.25, -0.2) is 0 Å². The third-order valence-corrected chi connectivity index (χ3v) is 3.57. The number of hydrazone groups is 1. The molecule has 1 aromatic carbocycles. The van der Waals surface area contributed by atoms with Crippen molar-refractivity contribution in [1.82, 2.24) is 10.7 Å². The van der Waals surface area contributed by atoms with Gasteiger partial charge in [0.25, 0.3) is 5.69 Å². The zero-order valence-electron chi connectivity index (χ0n) is 12.2. The minimum absolute atomic E-state index is 0.0539. The fraction of sp³-hybridized carbons (Fsp3) is 0.429. The van der Waals surface area contributed by atoms with Crippen LogP contribution in [0.1, 0.15) is 25.3 Å². The van der Waals surface area contributed by atoms with Crippen molar-refractivity contribution in [3.63, 3.8) is 0 Å². The molecule has 0 aromatic heterocycles. The number of nitrogens with one attached hydrogen (secondary N) is 2. The van der Waals surface area contributed by atoms with E-state index in [2.05, 4.69) is 15.8 Å². The highest BCUT2D eigenvalue weighted by Crippen LogP contribution is 2.12. The number of nitro benzene ring substituents is 1. The molecule has 0 bridgehead atoms. The van der Waals surface area contributed by atoms with Crippen molar-refractivity contribution in [3.05, 3.63) is 39.9 Å². The van der Waals surface area contributed by atoms with Gasteiger partial charge in [0.05, 0.1) is 16.7 Å². The van der Waals surface area contributed by atoms with E-state index in [9.17, 15) is 10.1 Å². The second kappa shape index (κ2) is 7.81. The van der Waals surface area contributed by atoms with Crippen LogP contribution in [0.15, 0.2) is 29.4 Å². The molecule has 1 aliphatic heterocycles. The van der Waals surface area contributed by atoms with Crippen LogP contribution >= 0.6 is 12.2 Å². The average Bonchev–Trinajstić information content (AvgIpc) is 3.04. The number of rotatable bonds is 5. The van der Waals surface area contributed by atoms with Gasteiger partial charge in [-0.2, -0.15) is 5.10 Å². The normalized spacial score (nSPS) is 18.0. The summed E-state index contributed by atoms with van der Waals surface area (Å²) in [5.41, 5.74) is 4.30. The lowest BCUT2D eigenvalue weighted by Gasteiger charge is -2.12. The predicted molar refractivity (Wildman–Crippen MR) is 88.0 cm³/mol. The number of hydrogen-bond acceptors (Lipinski definition) is 5. The molecular weight excluding hydrogens is 304 g/mol. The van der Waals surface area contributed by atoms with Gasteiger partial charge in [0.15, 0.2) is 5.11 Å². The summed E-state index contributed by atoms with van der Waals surface area (Å²) in [5.74, 6) is 0. The Hall–Kier alpha value is -2.06. The molecule has 2 rings (SSSR count). The molecule has 2 N–H and O–H groups in total. The first-order valence-corrected chi connectivity index (χ1v) is 7.41. The molecule has 8 heteroatoms. The lowest BCUT2D eigenvalue weighted by atomic mass is 10.1. The van der Waals surface area contributed by atoms with E-state index in [1.165, 1.54) is 12.1 Å². The zero-order valence-corrected chi connectivity index (χ0v) is 13.1. The zero-order chi connectivity index (χ0) is 15.9. The van der Waals surface area contributed by atoms with Crippen molar-refractivity contribution in [2.24, 2.45) is 5.10 Å². The molecule has 0 saturated carbocycles. The van der Waals surface area contributed by atoms with Crippen LogP contribution in [-0.2, 0) is 4.74 Å². The topological polar surface area (TPSA) is 88.8 Å². The highest BCUT2D eigenvalue weighted by Gasteiger charge is 2.15. The van der Waals surface area contributed by atoms with Crippen molar-refractivity contribution in [2.75, 3.05) is 13.2 Å². The Balaban J connectivity index is 1.83. The van der Waals surface area contributed by atoms with Gasteiger partial charge >= 0.3 is 0 Å². The molecule has 0 radical (unpaired) electrons. The quantitative estimate of drug-likeness (QED) is 0.373. The van der Waals surface area contributed by atoms with Gasteiger partial charge < -0.3 is 10.1 Å². The Bertz CT molecular complexity index is 568. The summed E-state index contributed by atoms with van der Waals surface area (Å²) in [7, 11) is 0. The van der Waals surface area contributed by atoms with Crippen LogP contribution in [0.5, 0.6) is 0 Å². The molecule has 1 atom stereocenters. The van der Waals surface area contributed by atoms with Crippen LogP contribution in [-0.4, -0.2) is 35.0 Å². The minimum atomic E-state index is -0.432. The smallest absolute Gasteiger partial charge is 0.269 e. The van der Waals surface area contributed by atoms with E-state index in [0.717, 1.165) is 25.0 Å². The van der Waals surface area contributed by atoms with Crippen LogP contribution in [0, 0.1) is 10.1 Å². The summed E-state index contributed by atoms with van der Waals surface area (Å²) in [5, 5.41) is 18.3. The van der Waals surface area contributed by atoms with Crippen molar-refractivity contribution < 1.29 is 9.66 Å². The first-order valence-electron chi connectivity index (χ1n) is 7.01. The number of non-ortho nitro benzene ring substituents is 1. The molecule has 118 valence electrons.